The summed E-state index contributed by atoms with van der Waals surface area (Å²) in [6.45, 7) is 4.19. The topological polar surface area (TPSA) is 53.5 Å². The third-order valence-corrected chi connectivity index (χ3v) is 15.4. The Balaban J connectivity index is 0.947. The average molecular weight is 985 g/mol. The van der Waals surface area contributed by atoms with Crippen LogP contribution in [0.4, 0.5) is 0 Å². The molecule has 0 spiro atoms. The number of benzene rings is 11. The molecule has 0 amide bonds. The zero-order chi connectivity index (χ0) is 51.1. The van der Waals surface area contributed by atoms with E-state index in [1.165, 1.54) is 76.7 Å². The molecule has 0 saturated carbocycles. The van der Waals surface area contributed by atoms with Crippen molar-refractivity contribution in [1.29, 1.82) is 0 Å². The largest absolute Gasteiger partial charge is 0.309 e. The number of aromatic nitrogens is 6. The van der Waals surface area contributed by atoms with Crippen molar-refractivity contribution in [2.75, 3.05) is 0 Å². The van der Waals surface area contributed by atoms with Crippen molar-refractivity contribution in [3.63, 3.8) is 0 Å². The molecular weight excluding hydrogens is 937 g/mol. The molecule has 0 radical (unpaired) electrons. The van der Waals surface area contributed by atoms with Crippen molar-refractivity contribution in [2.24, 2.45) is 0 Å². The maximum atomic E-state index is 5.13. The van der Waals surface area contributed by atoms with E-state index in [9.17, 15) is 0 Å². The van der Waals surface area contributed by atoms with Crippen molar-refractivity contribution in [2.45, 2.75) is 13.8 Å². The molecule has 6 nitrogen and oxygen atoms in total. The Kier molecular flexibility index (Phi) is 10.2. The first kappa shape index (κ1) is 44.3. The van der Waals surface area contributed by atoms with E-state index in [1.54, 1.807) is 0 Å². The van der Waals surface area contributed by atoms with Gasteiger partial charge in [0.1, 0.15) is 0 Å². The Morgan fingerprint density at radius 2 is 0.545 bits per heavy atom. The molecule has 0 unspecified atom stereocenters. The molecule has 362 valence electrons. The Hall–Kier alpha value is -10.2. The molecule has 4 aromatic heterocycles. The first-order chi connectivity index (χ1) is 38.0. The third kappa shape index (κ3) is 7.44. The van der Waals surface area contributed by atoms with Crippen LogP contribution in [-0.2, 0) is 0 Å². The van der Waals surface area contributed by atoms with E-state index in [0.29, 0.717) is 17.5 Å². The van der Waals surface area contributed by atoms with Crippen LogP contribution in [0.5, 0.6) is 0 Å². The zero-order valence-corrected chi connectivity index (χ0v) is 42.4. The van der Waals surface area contributed by atoms with Gasteiger partial charge in [0.2, 0.25) is 0 Å². The van der Waals surface area contributed by atoms with E-state index >= 15 is 0 Å². The molecule has 6 heteroatoms. The summed E-state index contributed by atoms with van der Waals surface area (Å²) in [5.41, 5.74) is 20.0. The van der Waals surface area contributed by atoms with Gasteiger partial charge >= 0.3 is 0 Å². The average Bonchev–Trinajstić information content (AvgIpc) is 4.27. The Labute approximate surface area is 445 Å². The van der Waals surface area contributed by atoms with Gasteiger partial charge in [0.25, 0.3) is 0 Å². The van der Waals surface area contributed by atoms with E-state index < -0.39 is 0 Å². The maximum absolute atomic E-state index is 5.13. The van der Waals surface area contributed by atoms with Gasteiger partial charge in [-0.3, -0.25) is 0 Å². The molecule has 0 saturated heterocycles. The quantitative estimate of drug-likeness (QED) is 0.152. The molecule has 11 aromatic carbocycles. The van der Waals surface area contributed by atoms with E-state index in [2.05, 4.69) is 282 Å². The van der Waals surface area contributed by atoms with Crippen LogP contribution in [0, 0.1) is 13.8 Å². The predicted molar refractivity (Wildman–Crippen MR) is 319 cm³/mol. The Morgan fingerprint density at radius 3 is 0.974 bits per heavy atom. The van der Waals surface area contributed by atoms with Crippen LogP contribution in [0.15, 0.2) is 255 Å². The highest BCUT2D eigenvalue weighted by Crippen LogP contribution is 2.41. The fraction of sp³-hybridized carbons (Fsp3) is 0.0282. The van der Waals surface area contributed by atoms with Crippen molar-refractivity contribution < 1.29 is 0 Å². The van der Waals surface area contributed by atoms with Crippen molar-refractivity contribution in [1.82, 2.24) is 28.7 Å². The van der Waals surface area contributed by atoms with Gasteiger partial charge in [-0.05, 0) is 121 Å². The van der Waals surface area contributed by atoms with Crippen LogP contribution in [0.3, 0.4) is 0 Å². The normalized spacial score (nSPS) is 11.8. The first-order valence-corrected chi connectivity index (χ1v) is 26.2. The molecule has 77 heavy (non-hydrogen) atoms. The van der Waals surface area contributed by atoms with Gasteiger partial charge in [-0.25, -0.2) is 15.0 Å². The number of para-hydroxylation sites is 2. The SMILES string of the molecule is Cc1ccc(-c2nc(-c3ccc(C)cc3)nc(-c3ccc(-n4c5cc(-n6c7ccccc7c7ccccc76)ccc5c5ccc(-n6c7ccc(-c8ccccc8)cc7c7cc(-c8ccccc8)ccc76)cc54)cc3)n2)cc1. The minimum absolute atomic E-state index is 0.619. The number of rotatable bonds is 8. The molecule has 4 heterocycles. The number of aryl methyl sites for hydroxylation is 2. The summed E-state index contributed by atoms with van der Waals surface area (Å²) in [6.07, 6.45) is 0. The maximum Gasteiger partial charge on any atom is 0.164 e. The lowest BCUT2D eigenvalue weighted by atomic mass is 10.0. The summed E-state index contributed by atoms with van der Waals surface area (Å²) >= 11 is 0. The van der Waals surface area contributed by atoms with Gasteiger partial charge in [0.15, 0.2) is 17.5 Å². The molecule has 0 N–H and O–H groups in total. The number of hydrogen-bond acceptors (Lipinski definition) is 3. The van der Waals surface area contributed by atoms with Gasteiger partial charge in [-0.15, -0.1) is 0 Å². The van der Waals surface area contributed by atoms with E-state index in [1.807, 2.05) is 0 Å². The van der Waals surface area contributed by atoms with Gasteiger partial charge in [0.05, 0.1) is 33.1 Å². The zero-order valence-electron chi connectivity index (χ0n) is 42.4. The molecule has 0 atom stereocenters. The van der Waals surface area contributed by atoms with E-state index in [-0.39, 0.29) is 0 Å². The van der Waals surface area contributed by atoms with Gasteiger partial charge in [0, 0.05) is 66.1 Å². The smallest absolute Gasteiger partial charge is 0.164 e. The van der Waals surface area contributed by atoms with Crippen molar-refractivity contribution in [3.05, 3.63) is 266 Å². The highest BCUT2D eigenvalue weighted by Gasteiger charge is 2.21. The van der Waals surface area contributed by atoms with E-state index in [4.69, 9.17) is 15.0 Å². The minimum Gasteiger partial charge on any atom is -0.309 e. The molecule has 0 bridgehead atoms. The Bertz CT molecular complexity index is 4560. The summed E-state index contributed by atoms with van der Waals surface area (Å²) in [6, 6.07) is 92.1. The summed E-state index contributed by atoms with van der Waals surface area (Å²) in [5.74, 6) is 1.90. The third-order valence-electron chi connectivity index (χ3n) is 15.4. The van der Waals surface area contributed by atoms with Crippen molar-refractivity contribution >= 4 is 65.4 Å². The Morgan fingerprint density at radius 1 is 0.221 bits per heavy atom. The summed E-state index contributed by atoms with van der Waals surface area (Å²) < 4.78 is 7.29. The minimum atomic E-state index is 0.619. The van der Waals surface area contributed by atoms with Crippen LogP contribution in [0.25, 0.3) is 139 Å². The standard InChI is InChI=1S/C71H48N6/c1-45-21-25-49(26-22-45)69-72-70(50-27-23-46(2)24-28-50)74-71(73-69)51-29-33-54(34-30-51)75-67-43-55(76-63-19-11-9-17-57(63)58-18-10-12-20-64(58)76)35-37-59(67)60-38-36-56(44-68(60)75)77-65-39-31-52(47-13-5-3-6-14-47)41-61(65)62-42-53(32-40-66(62)77)48-15-7-4-8-16-48/h3-44H,1-2H3. The second-order valence-corrected chi connectivity index (χ2v) is 20.2. The molecule has 0 aliphatic rings. The molecule has 15 rings (SSSR count). The first-order valence-electron chi connectivity index (χ1n) is 26.2. The summed E-state index contributed by atoms with van der Waals surface area (Å²) in [7, 11) is 0. The lowest BCUT2D eigenvalue weighted by Gasteiger charge is -2.13. The molecular formula is C71H48N6. The monoisotopic (exact) mass is 984 g/mol. The molecule has 15 aromatic rings. The van der Waals surface area contributed by atoms with Crippen LogP contribution in [-0.4, -0.2) is 28.7 Å². The highest BCUT2D eigenvalue weighted by atomic mass is 15.0. The second kappa shape index (κ2) is 17.8. The summed E-state index contributed by atoms with van der Waals surface area (Å²) in [4.78, 5) is 15.3. The lowest BCUT2D eigenvalue weighted by molar-refractivity contribution is 1.07. The van der Waals surface area contributed by atoms with Crippen LogP contribution in [0.1, 0.15) is 11.1 Å². The van der Waals surface area contributed by atoms with Crippen LogP contribution < -0.4 is 0 Å². The summed E-state index contributed by atoms with van der Waals surface area (Å²) in [5, 5.41) is 7.22. The van der Waals surface area contributed by atoms with Gasteiger partial charge < -0.3 is 13.7 Å². The van der Waals surface area contributed by atoms with Gasteiger partial charge in [-0.1, -0.05) is 181 Å². The van der Waals surface area contributed by atoms with Crippen molar-refractivity contribution in [3.8, 4) is 73.5 Å². The molecule has 0 aliphatic carbocycles. The predicted octanol–water partition coefficient (Wildman–Crippen LogP) is 18.1. The van der Waals surface area contributed by atoms with E-state index in [0.717, 1.165) is 55.8 Å². The molecule has 0 fully saturated rings. The second-order valence-electron chi connectivity index (χ2n) is 20.2. The van der Waals surface area contributed by atoms with Crippen LogP contribution in [0.2, 0.25) is 0 Å². The fourth-order valence-electron chi connectivity index (χ4n) is 11.6. The highest BCUT2D eigenvalue weighted by molar-refractivity contribution is 6.14. The van der Waals surface area contributed by atoms with Gasteiger partial charge in [-0.2, -0.15) is 0 Å². The number of fused-ring (bicyclic) bond motifs is 9. The lowest BCUT2D eigenvalue weighted by Crippen LogP contribution is -2.01. The van der Waals surface area contributed by atoms with Crippen LogP contribution >= 0.6 is 0 Å². The molecule has 0 aliphatic heterocycles. The number of nitrogens with zero attached hydrogens (tertiary/aromatic N) is 6. The fourth-order valence-corrected chi connectivity index (χ4v) is 11.6. The number of hydrogen-bond donors (Lipinski definition) is 0.